The number of nitrogens with one attached hydrogen (secondary N) is 1. The predicted molar refractivity (Wildman–Crippen MR) is 134 cm³/mol. The van der Waals surface area contributed by atoms with E-state index >= 15 is 0 Å². The maximum absolute atomic E-state index is 11.2. The Kier molecular flexibility index (Phi) is 22.8. The molecule has 33 heavy (non-hydrogen) atoms. The Morgan fingerprint density at radius 1 is 0.848 bits per heavy atom. The van der Waals surface area contributed by atoms with Crippen LogP contribution in [-0.4, -0.2) is 91.0 Å². The number of rotatable bonds is 20. The molecule has 0 unspecified atom stereocenters. The second-order valence-corrected chi connectivity index (χ2v) is 12.8. The van der Waals surface area contributed by atoms with Gasteiger partial charge in [0, 0.05) is 71.9 Å². The van der Waals surface area contributed by atoms with Gasteiger partial charge in [0.15, 0.2) is 0 Å². The molecule has 0 rings (SSSR count). The molecule has 0 heterocycles. The molecule has 0 saturated heterocycles. The molecule has 0 saturated carbocycles. The zero-order chi connectivity index (χ0) is 25.6. The summed E-state index contributed by atoms with van der Waals surface area (Å²) in [5.41, 5.74) is 5.75. The Balaban J connectivity index is 0. The van der Waals surface area contributed by atoms with Crippen molar-refractivity contribution < 1.29 is 36.1 Å². The topological polar surface area (TPSA) is 120 Å². The van der Waals surface area contributed by atoms with E-state index < -0.39 is 17.6 Å². The van der Waals surface area contributed by atoms with Gasteiger partial charge in [0.1, 0.15) is 0 Å². The monoisotopic (exact) mass is 512 g/mol. The van der Waals surface area contributed by atoms with Crippen molar-refractivity contribution in [2.24, 2.45) is 5.73 Å². The summed E-state index contributed by atoms with van der Waals surface area (Å²) in [6, 6.07) is 1.47. The lowest BCUT2D eigenvalue weighted by molar-refractivity contribution is -0.139. The Bertz CT molecular complexity index is 472. The summed E-state index contributed by atoms with van der Waals surface area (Å²) in [7, 11) is -0.0628. The van der Waals surface area contributed by atoms with Gasteiger partial charge in [0.2, 0.25) is 0 Å². The quantitative estimate of drug-likeness (QED) is 0.109. The van der Waals surface area contributed by atoms with Crippen LogP contribution in [0.2, 0.25) is 12.1 Å². The molecule has 0 fully saturated rings. The lowest BCUT2D eigenvalue weighted by Gasteiger charge is -2.28. The van der Waals surface area contributed by atoms with Crippen molar-refractivity contribution in [3.63, 3.8) is 0 Å². The largest absolute Gasteiger partial charge is 0.501 e. The van der Waals surface area contributed by atoms with Crippen molar-refractivity contribution in [3.05, 3.63) is 12.2 Å². The van der Waals surface area contributed by atoms with Gasteiger partial charge in [-0.05, 0) is 47.1 Å². The van der Waals surface area contributed by atoms with Crippen molar-refractivity contribution in [3.8, 4) is 0 Å². The Morgan fingerprint density at radius 2 is 1.33 bits per heavy atom. The minimum atomic E-state index is -2.61. The first-order valence-corrected chi connectivity index (χ1v) is 15.4. The van der Waals surface area contributed by atoms with Gasteiger partial charge in [-0.2, -0.15) is 0 Å². The molecular formula is C21H48N2O8Si2. The molecule has 0 aliphatic carbocycles. The number of ether oxygens (including phenoxy) is 1. The zero-order valence-corrected chi connectivity index (χ0v) is 23.8. The Labute approximate surface area is 203 Å². The summed E-state index contributed by atoms with van der Waals surface area (Å²) in [5, 5.41) is 3.21. The first kappa shape index (κ1) is 34.5. The average molecular weight is 513 g/mol. The molecule has 3 N–H and O–H groups in total. The number of carbonyl (C=O) groups is 1. The van der Waals surface area contributed by atoms with E-state index in [1.807, 2.05) is 20.8 Å². The molecule has 0 aliphatic heterocycles. The molecule has 0 atom stereocenters. The van der Waals surface area contributed by atoms with E-state index in [0.717, 1.165) is 25.6 Å². The number of hydrogen-bond acceptors (Lipinski definition) is 10. The van der Waals surface area contributed by atoms with E-state index in [1.165, 1.54) is 0 Å². The van der Waals surface area contributed by atoms with Crippen LogP contribution in [0.15, 0.2) is 12.2 Å². The summed E-state index contributed by atoms with van der Waals surface area (Å²) in [6.07, 6.45) is 1.63. The molecule has 0 spiro atoms. The van der Waals surface area contributed by atoms with Gasteiger partial charge in [0.05, 0.1) is 6.61 Å². The van der Waals surface area contributed by atoms with Crippen LogP contribution in [0.5, 0.6) is 0 Å². The van der Waals surface area contributed by atoms with Gasteiger partial charge in [-0.25, -0.2) is 4.79 Å². The van der Waals surface area contributed by atoms with E-state index in [4.69, 9.17) is 37.0 Å². The SMILES string of the molecule is C=C(C)C(=O)OCCC[Si](OCC)(OCC)OCC.CO[Si](CCCNCCN)(OC)OC. The fourth-order valence-electron chi connectivity index (χ4n) is 2.79. The van der Waals surface area contributed by atoms with Crippen molar-refractivity contribution in [2.45, 2.75) is 52.6 Å². The third kappa shape index (κ3) is 16.6. The predicted octanol–water partition coefficient (Wildman–Crippen LogP) is 2.35. The maximum atomic E-state index is 11.2. The Hall–Kier alpha value is -0.676. The highest BCUT2D eigenvalue weighted by atomic mass is 28.4. The summed E-state index contributed by atoms with van der Waals surface area (Å²) >= 11 is 0. The van der Waals surface area contributed by atoms with E-state index in [1.54, 1.807) is 28.3 Å². The van der Waals surface area contributed by atoms with Crippen LogP contribution in [0.4, 0.5) is 0 Å². The fraction of sp³-hybridized carbons (Fsp3) is 0.857. The van der Waals surface area contributed by atoms with Gasteiger partial charge in [-0.3, -0.25) is 0 Å². The molecular weight excluding hydrogens is 464 g/mol. The van der Waals surface area contributed by atoms with Crippen molar-refractivity contribution in [1.82, 2.24) is 5.32 Å². The van der Waals surface area contributed by atoms with Crippen molar-refractivity contribution in [2.75, 3.05) is 67.4 Å². The van der Waals surface area contributed by atoms with Gasteiger partial charge in [-0.1, -0.05) is 6.58 Å². The van der Waals surface area contributed by atoms with E-state index in [-0.39, 0.29) is 5.97 Å². The van der Waals surface area contributed by atoms with Crippen LogP contribution in [0.1, 0.15) is 40.5 Å². The highest BCUT2D eigenvalue weighted by Gasteiger charge is 2.39. The van der Waals surface area contributed by atoms with E-state index in [9.17, 15) is 4.79 Å². The highest BCUT2D eigenvalue weighted by Crippen LogP contribution is 2.18. The number of esters is 1. The molecule has 12 heteroatoms. The van der Waals surface area contributed by atoms with Gasteiger partial charge in [0.25, 0.3) is 0 Å². The number of nitrogens with two attached hydrogens (primary N) is 1. The summed E-state index contributed by atoms with van der Waals surface area (Å²) in [6.45, 7) is 15.3. The van der Waals surface area contributed by atoms with Crippen LogP contribution >= 0.6 is 0 Å². The van der Waals surface area contributed by atoms with Crippen LogP contribution in [0, 0.1) is 0 Å². The summed E-state index contributed by atoms with van der Waals surface area (Å²) < 4.78 is 38.0. The third-order valence-corrected chi connectivity index (χ3v) is 10.4. The van der Waals surface area contributed by atoms with Crippen LogP contribution in [-0.2, 0) is 36.1 Å². The first-order valence-electron chi connectivity index (χ1n) is 11.6. The molecule has 0 amide bonds. The summed E-state index contributed by atoms with van der Waals surface area (Å²) in [5.74, 6) is -0.364. The molecule has 10 nitrogen and oxygen atoms in total. The first-order chi connectivity index (χ1) is 15.8. The van der Waals surface area contributed by atoms with Crippen LogP contribution < -0.4 is 11.1 Å². The minimum absolute atomic E-state index is 0.327. The number of hydrogen-bond donors (Lipinski definition) is 2. The van der Waals surface area contributed by atoms with E-state index in [0.29, 0.717) is 51.0 Å². The zero-order valence-electron chi connectivity index (χ0n) is 21.8. The van der Waals surface area contributed by atoms with Gasteiger partial charge >= 0.3 is 23.6 Å². The fourth-order valence-corrected chi connectivity index (χ4v) is 7.09. The molecule has 0 bridgehead atoms. The van der Waals surface area contributed by atoms with Crippen molar-refractivity contribution in [1.29, 1.82) is 0 Å². The second kappa shape index (κ2) is 21.8. The van der Waals surface area contributed by atoms with Crippen LogP contribution in [0.3, 0.4) is 0 Å². The smallest absolute Gasteiger partial charge is 0.462 e. The molecule has 0 radical (unpaired) electrons. The third-order valence-electron chi connectivity index (χ3n) is 4.39. The van der Waals surface area contributed by atoms with Crippen molar-refractivity contribution >= 4 is 23.6 Å². The van der Waals surface area contributed by atoms with Gasteiger partial charge < -0.3 is 42.3 Å². The normalized spacial score (nSPS) is 11.6. The molecule has 198 valence electrons. The van der Waals surface area contributed by atoms with Gasteiger partial charge in [-0.15, -0.1) is 0 Å². The lowest BCUT2D eigenvalue weighted by atomic mass is 10.4. The maximum Gasteiger partial charge on any atom is 0.501 e. The molecule has 0 aliphatic rings. The lowest BCUT2D eigenvalue weighted by Crippen LogP contribution is -2.46. The summed E-state index contributed by atoms with van der Waals surface area (Å²) in [4.78, 5) is 11.2. The Morgan fingerprint density at radius 3 is 1.73 bits per heavy atom. The number of carbonyl (C=O) groups excluding carboxylic acids is 1. The molecule has 0 aromatic carbocycles. The minimum Gasteiger partial charge on any atom is -0.462 e. The average Bonchev–Trinajstić information content (AvgIpc) is 2.80. The molecule has 0 aromatic heterocycles. The second-order valence-electron chi connectivity index (χ2n) is 6.94. The highest BCUT2D eigenvalue weighted by molar-refractivity contribution is 6.61. The standard InChI is InChI=1S/C13H26O5Si.C8H22N2O3Si/c1-6-16-19(17-7-2,18-8-3)11-9-10-15-13(14)12(4)5;1-11-14(12-2,13-3)8-4-6-10-7-5-9/h4,6-11H2,1-3,5H3;10H,4-9H2,1-3H3. The van der Waals surface area contributed by atoms with Crippen LogP contribution in [0.25, 0.3) is 0 Å². The molecule has 0 aromatic rings. The van der Waals surface area contributed by atoms with E-state index in [2.05, 4.69) is 11.9 Å².